The number of ketones is 1. The fourth-order valence-electron chi connectivity index (χ4n) is 1.11. The van der Waals surface area contributed by atoms with Crippen molar-refractivity contribution in [1.29, 1.82) is 0 Å². The molecule has 0 aliphatic heterocycles. The van der Waals surface area contributed by atoms with E-state index >= 15 is 0 Å². The van der Waals surface area contributed by atoms with Gasteiger partial charge in [0.1, 0.15) is 0 Å². The third-order valence-electron chi connectivity index (χ3n) is 1.80. The Hall–Kier alpha value is 0.240. The minimum absolute atomic E-state index is 0.0681. The van der Waals surface area contributed by atoms with Gasteiger partial charge in [0.05, 0.1) is 0 Å². The highest BCUT2D eigenvalue weighted by molar-refractivity contribution is 14.1. The SMILES string of the molecule is O=C(CCBr)c1ccc(I)c(SC(F)(F)F)c1. The molecule has 0 bridgehead atoms. The molecule has 0 N–H and O–H groups in total. The van der Waals surface area contributed by atoms with Crippen LogP contribution in [0.4, 0.5) is 13.2 Å². The Morgan fingerprint density at radius 1 is 1.41 bits per heavy atom. The number of carbonyl (C=O) groups excluding carboxylic acids is 1. The van der Waals surface area contributed by atoms with Gasteiger partial charge < -0.3 is 0 Å². The molecule has 0 saturated heterocycles. The summed E-state index contributed by atoms with van der Waals surface area (Å²) in [6.07, 6.45) is 0.275. The van der Waals surface area contributed by atoms with Crippen molar-refractivity contribution in [3.8, 4) is 0 Å². The van der Waals surface area contributed by atoms with Gasteiger partial charge in [-0.05, 0) is 46.5 Å². The highest BCUT2D eigenvalue weighted by atomic mass is 127. The van der Waals surface area contributed by atoms with Crippen LogP contribution in [0.15, 0.2) is 23.1 Å². The van der Waals surface area contributed by atoms with Crippen molar-refractivity contribution < 1.29 is 18.0 Å². The topological polar surface area (TPSA) is 17.1 Å². The number of Topliss-reactive ketones (excluding diaryl/α,β-unsaturated/α-hetero) is 1. The van der Waals surface area contributed by atoms with E-state index in [1.165, 1.54) is 12.1 Å². The summed E-state index contributed by atoms with van der Waals surface area (Å²) in [6, 6.07) is 4.37. The van der Waals surface area contributed by atoms with Crippen LogP contribution in [-0.4, -0.2) is 16.6 Å². The van der Waals surface area contributed by atoms with Gasteiger partial charge in [-0.3, -0.25) is 4.79 Å². The molecule has 0 atom stereocenters. The van der Waals surface area contributed by atoms with E-state index in [0.717, 1.165) is 0 Å². The predicted molar refractivity (Wildman–Crippen MR) is 73.8 cm³/mol. The fourth-order valence-corrected chi connectivity index (χ4v) is 2.74. The van der Waals surface area contributed by atoms with E-state index in [-0.39, 0.29) is 28.9 Å². The molecule has 0 spiro atoms. The Balaban J connectivity index is 2.98. The number of hydrogen-bond acceptors (Lipinski definition) is 2. The van der Waals surface area contributed by atoms with Crippen molar-refractivity contribution >= 4 is 56.1 Å². The lowest BCUT2D eigenvalue weighted by Crippen LogP contribution is -2.03. The summed E-state index contributed by atoms with van der Waals surface area (Å²) < 4.78 is 37.3. The van der Waals surface area contributed by atoms with Crippen molar-refractivity contribution in [3.63, 3.8) is 0 Å². The zero-order valence-corrected chi connectivity index (χ0v) is 12.9. The Bertz CT molecular complexity index is 423. The van der Waals surface area contributed by atoms with Gasteiger partial charge in [-0.1, -0.05) is 22.0 Å². The number of benzene rings is 1. The maximum Gasteiger partial charge on any atom is 0.446 e. The summed E-state index contributed by atoms with van der Waals surface area (Å²) in [5, 5.41) is 0.500. The summed E-state index contributed by atoms with van der Waals surface area (Å²) in [7, 11) is 0. The molecule has 1 rings (SSSR count). The second kappa shape index (κ2) is 6.42. The summed E-state index contributed by atoms with van der Waals surface area (Å²) in [5.41, 5.74) is -4.02. The maximum absolute atomic E-state index is 12.3. The summed E-state index contributed by atoms with van der Waals surface area (Å²) in [5.74, 6) is -0.165. The first-order chi connectivity index (χ1) is 7.83. The van der Waals surface area contributed by atoms with Crippen LogP contribution < -0.4 is 0 Å². The average Bonchev–Trinajstić information content (AvgIpc) is 2.19. The van der Waals surface area contributed by atoms with E-state index in [1.54, 1.807) is 6.07 Å². The highest BCUT2D eigenvalue weighted by Crippen LogP contribution is 2.39. The number of carbonyl (C=O) groups is 1. The first-order valence-electron chi connectivity index (χ1n) is 4.48. The first kappa shape index (κ1) is 15.3. The van der Waals surface area contributed by atoms with Gasteiger partial charge in [0, 0.05) is 25.8 Å². The lowest BCUT2D eigenvalue weighted by molar-refractivity contribution is -0.0328. The fraction of sp³-hybridized carbons (Fsp3) is 0.300. The standard InChI is InChI=1S/C10H7BrF3IOS/c11-4-3-8(16)6-1-2-7(15)9(5-6)17-10(12,13)14/h1-2,5H,3-4H2. The number of rotatable bonds is 4. The Morgan fingerprint density at radius 3 is 2.59 bits per heavy atom. The summed E-state index contributed by atoms with van der Waals surface area (Å²) in [4.78, 5) is 11.6. The van der Waals surface area contributed by atoms with Crippen LogP contribution in [0.1, 0.15) is 16.8 Å². The highest BCUT2D eigenvalue weighted by Gasteiger charge is 2.30. The molecule has 0 aliphatic rings. The van der Waals surface area contributed by atoms with Crippen LogP contribution >= 0.6 is 50.3 Å². The monoisotopic (exact) mass is 438 g/mol. The van der Waals surface area contributed by atoms with Crippen molar-refractivity contribution in [2.45, 2.75) is 16.8 Å². The molecular weight excluding hydrogens is 432 g/mol. The van der Waals surface area contributed by atoms with E-state index in [0.29, 0.717) is 14.5 Å². The molecule has 7 heteroatoms. The smallest absolute Gasteiger partial charge is 0.294 e. The molecule has 1 aromatic carbocycles. The molecule has 0 amide bonds. The van der Waals surface area contributed by atoms with E-state index in [2.05, 4.69) is 15.9 Å². The van der Waals surface area contributed by atoms with Crippen LogP contribution in [0.3, 0.4) is 0 Å². The molecular formula is C10H7BrF3IOS. The van der Waals surface area contributed by atoms with E-state index < -0.39 is 5.51 Å². The Morgan fingerprint density at radius 2 is 2.06 bits per heavy atom. The molecule has 0 aliphatic carbocycles. The van der Waals surface area contributed by atoms with Gasteiger partial charge in [-0.2, -0.15) is 13.2 Å². The second-order valence-electron chi connectivity index (χ2n) is 3.06. The van der Waals surface area contributed by atoms with E-state index in [1.807, 2.05) is 22.6 Å². The van der Waals surface area contributed by atoms with Crippen LogP contribution in [0.5, 0.6) is 0 Å². The van der Waals surface area contributed by atoms with Gasteiger partial charge in [-0.25, -0.2) is 0 Å². The molecule has 0 fully saturated rings. The largest absolute Gasteiger partial charge is 0.446 e. The van der Waals surface area contributed by atoms with Gasteiger partial charge in [0.2, 0.25) is 0 Å². The van der Waals surface area contributed by atoms with Crippen LogP contribution in [0.25, 0.3) is 0 Å². The predicted octanol–water partition coefficient (Wildman–Crippen LogP) is 4.87. The minimum Gasteiger partial charge on any atom is -0.294 e. The van der Waals surface area contributed by atoms with Crippen molar-refractivity contribution in [3.05, 3.63) is 27.3 Å². The number of alkyl halides is 4. The lowest BCUT2D eigenvalue weighted by Gasteiger charge is -2.09. The van der Waals surface area contributed by atoms with Crippen molar-refractivity contribution in [1.82, 2.24) is 0 Å². The summed E-state index contributed by atoms with van der Waals surface area (Å²) in [6.45, 7) is 0. The average molecular weight is 439 g/mol. The quantitative estimate of drug-likeness (QED) is 0.288. The first-order valence-corrected chi connectivity index (χ1v) is 7.49. The van der Waals surface area contributed by atoms with Crippen LogP contribution in [0, 0.1) is 3.57 Å². The molecule has 94 valence electrons. The lowest BCUT2D eigenvalue weighted by atomic mass is 10.1. The second-order valence-corrected chi connectivity index (χ2v) is 6.12. The zero-order valence-electron chi connectivity index (χ0n) is 8.35. The molecule has 0 heterocycles. The molecule has 0 unspecified atom stereocenters. The number of thioether (sulfide) groups is 1. The third kappa shape index (κ3) is 5.17. The summed E-state index contributed by atoms with van der Waals surface area (Å²) >= 11 is 4.75. The molecule has 0 saturated carbocycles. The van der Waals surface area contributed by atoms with Crippen molar-refractivity contribution in [2.75, 3.05) is 5.33 Å². The Labute approximate surface area is 123 Å². The molecule has 1 aromatic rings. The third-order valence-corrected chi connectivity index (χ3v) is 4.29. The normalized spacial score (nSPS) is 11.6. The van der Waals surface area contributed by atoms with Crippen LogP contribution in [-0.2, 0) is 0 Å². The zero-order chi connectivity index (χ0) is 13.1. The van der Waals surface area contributed by atoms with E-state index in [4.69, 9.17) is 0 Å². The number of hydrogen-bond donors (Lipinski definition) is 0. The molecule has 1 nitrogen and oxygen atoms in total. The molecule has 17 heavy (non-hydrogen) atoms. The van der Waals surface area contributed by atoms with Gasteiger partial charge in [0.15, 0.2) is 5.78 Å². The number of halogens is 5. The molecule has 0 radical (unpaired) electrons. The van der Waals surface area contributed by atoms with Gasteiger partial charge in [0.25, 0.3) is 0 Å². The Kier molecular flexibility index (Phi) is 5.78. The maximum atomic E-state index is 12.3. The van der Waals surface area contributed by atoms with Gasteiger partial charge >= 0.3 is 5.51 Å². The van der Waals surface area contributed by atoms with Gasteiger partial charge in [-0.15, -0.1) is 0 Å². The van der Waals surface area contributed by atoms with Crippen LogP contribution in [0.2, 0.25) is 0 Å². The molecule has 0 aromatic heterocycles. The van der Waals surface area contributed by atoms with Crippen molar-refractivity contribution in [2.24, 2.45) is 0 Å². The minimum atomic E-state index is -4.34. The van der Waals surface area contributed by atoms with E-state index in [9.17, 15) is 18.0 Å².